The minimum atomic E-state index is -0.990. The van der Waals surface area contributed by atoms with Gasteiger partial charge in [-0.05, 0) is 12.1 Å². The highest BCUT2D eigenvalue weighted by molar-refractivity contribution is 5.68. The van der Waals surface area contributed by atoms with E-state index in [0.29, 0.717) is 12.2 Å². The van der Waals surface area contributed by atoms with Crippen molar-refractivity contribution >= 4 is 12.4 Å². The number of carboxylic acid groups (broad SMARTS) is 1. The van der Waals surface area contributed by atoms with Gasteiger partial charge in [-0.25, -0.2) is 0 Å². The minimum Gasteiger partial charge on any atom is -0.481 e. The lowest BCUT2D eigenvalue weighted by atomic mass is 10.1. The average Bonchev–Trinajstić information content (AvgIpc) is 2.54. The zero-order valence-corrected chi connectivity index (χ0v) is 6.77. The lowest BCUT2D eigenvalue weighted by Gasteiger charge is -2.09. The molecule has 1 amide bonds. The molecule has 0 fully saturated rings. The fourth-order valence-electron chi connectivity index (χ4n) is 0.988. The number of hydrogen-bond donors (Lipinski definition) is 2. The van der Waals surface area contributed by atoms with Crippen LogP contribution in [0.25, 0.3) is 0 Å². The van der Waals surface area contributed by atoms with Crippen molar-refractivity contribution in [3.05, 3.63) is 24.2 Å². The van der Waals surface area contributed by atoms with Crippen LogP contribution in [0.2, 0.25) is 0 Å². The van der Waals surface area contributed by atoms with Gasteiger partial charge in [0, 0.05) is 0 Å². The quantitative estimate of drug-likeness (QED) is 0.653. The normalized spacial score (nSPS) is 12.0. The number of amides is 1. The number of carboxylic acids is 1. The average molecular weight is 183 g/mol. The molecular formula is C8H9NO4. The molecule has 0 radical (unpaired) electrons. The lowest BCUT2D eigenvalue weighted by molar-refractivity contribution is -0.137. The van der Waals surface area contributed by atoms with Crippen LogP contribution in [0.4, 0.5) is 0 Å². The first-order valence-electron chi connectivity index (χ1n) is 3.69. The topological polar surface area (TPSA) is 79.5 Å². The summed E-state index contributed by atoms with van der Waals surface area (Å²) < 4.78 is 4.96. The first-order valence-corrected chi connectivity index (χ1v) is 3.69. The molecule has 5 heteroatoms. The Balaban J connectivity index is 2.67. The maximum absolute atomic E-state index is 10.4. The summed E-state index contributed by atoms with van der Waals surface area (Å²) in [5.74, 6) is -0.551. The van der Waals surface area contributed by atoms with Gasteiger partial charge in [-0.15, -0.1) is 0 Å². The predicted octanol–water partition coefficient (Wildman–Crippen LogP) is 0.541. The van der Waals surface area contributed by atoms with Crippen LogP contribution in [0.5, 0.6) is 0 Å². The molecule has 0 saturated heterocycles. The molecule has 2 N–H and O–H groups in total. The third-order valence-corrected chi connectivity index (χ3v) is 1.53. The van der Waals surface area contributed by atoms with Gasteiger partial charge in [0.15, 0.2) is 0 Å². The maximum Gasteiger partial charge on any atom is 0.305 e. The largest absolute Gasteiger partial charge is 0.481 e. The van der Waals surface area contributed by atoms with E-state index in [0.717, 1.165) is 0 Å². The Hall–Kier alpha value is -1.78. The number of aliphatic carboxylic acids is 1. The summed E-state index contributed by atoms with van der Waals surface area (Å²) in [5, 5.41) is 10.9. The second kappa shape index (κ2) is 4.30. The van der Waals surface area contributed by atoms with Gasteiger partial charge >= 0.3 is 5.97 Å². The first-order chi connectivity index (χ1) is 6.24. The van der Waals surface area contributed by atoms with Crippen LogP contribution in [0.15, 0.2) is 22.8 Å². The molecule has 5 nitrogen and oxygen atoms in total. The van der Waals surface area contributed by atoms with Gasteiger partial charge < -0.3 is 14.8 Å². The molecule has 0 spiro atoms. The van der Waals surface area contributed by atoms with Crippen LogP contribution in [0.1, 0.15) is 18.2 Å². The Bertz CT molecular complexity index is 280. The molecule has 1 rings (SSSR count). The number of carbonyl (C=O) groups excluding carboxylic acids is 1. The van der Waals surface area contributed by atoms with Crippen LogP contribution in [0.3, 0.4) is 0 Å². The summed E-state index contributed by atoms with van der Waals surface area (Å²) >= 11 is 0. The van der Waals surface area contributed by atoms with Crippen LogP contribution in [0, 0.1) is 0 Å². The summed E-state index contributed by atoms with van der Waals surface area (Å²) in [6.45, 7) is 0. The maximum atomic E-state index is 10.4. The van der Waals surface area contributed by atoms with Gasteiger partial charge in [0.25, 0.3) is 0 Å². The Labute approximate surface area is 74.4 Å². The molecule has 0 bridgehead atoms. The molecule has 1 unspecified atom stereocenters. The Morgan fingerprint density at radius 1 is 1.77 bits per heavy atom. The highest BCUT2D eigenvalue weighted by Gasteiger charge is 2.16. The predicted molar refractivity (Wildman–Crippen MR) is 42.9 cm³/mol. The summed E-state index contributed by atoms with van der Waals surface area (Å²) in [6, 6.07) is 2.66. The van der Waals surface area contributed by atoms with Gasteiger partial charge in [-0.2, -0.15) is 0 Å². The number of furan rings is 1. The lowest BCUT2D eigenvalue weighted by Crippen LogP contribution is -2.21. The summed E-state index contributed by atoms with van der Waals surface area (Å²) in [7, 11) is 0. The number of carbonyl (C=O) groups is 2. The minimum absolute atomic E-state index is 0.188. The Kier molecular flexibility index (Phi) is 3.08. The van der Waals surface area contributed by atoms with Gasteiger partial charge in [0.1, 0.15) is 5.76 Å². The zero-order valence-electron chi connectivity index (χ0n) is 6.77. The first kappa shape index (κ1) is 9.31. The van der Waals surface area contributed by atoms with Crippen molar-refractivity contribution in [3.63, 3.8) is 0 Å². The number of nitrogens with one attached hydrogen (secondary N) is 1. The van der Waals surface area contributed by atoms with Crippen LogP contribution in [-0.4, -0.2) is 17.5 Å². The highest BCUT2D eigenvalue weighted by Crippen LogP contribution is 2.16. The molecule has 70 valence electrons. The summed E-state index contributed by atoms with van der Waals surface area (Å²) in [6.07, 6.45) is 1.69. The van der Waals surface area contributed by atoms with E-state index in [1.165, 1.54) is 6.26 Å². The molecular weight excluding hydrogens is 174 g/mol. The standard InChI is InChI=1S/C8H9NO4/c10-5-9-6(4-8(11)12)7-2-1-3-13-7/h1-3,5-6H,4H2,(H,9,10)(H,11,12). The van der Waals surface area contributed by atoms with Gasteiger partial charge in [0.05, 0.1) is 18.7 Å². The van der Waals surface area contributed by atoms with Crippen molar-refractivity contribution in [2.24, 2.45) is 0 Å². The molecule has 1 aromatic rings. The molecule has 1 heterocycles. The van der Waals surface area contributed by atoms with E-state index in [-0.39, 0.29) is 6.42 Å². The van der Waals surface area contributed by atoms with Crippen molar-refractivity contribution < 1.29 is 19.1 Å². The third-order valence-electron chi connectivity index (χ3n) is 1.53. The SMILES string of the molecule is O=CNC(CC(=O)O)c1ccco1. The summed E-state index contributed by atoms with van der Waals surface area (Å²) in [4.78, 5) is 20.5. The van der Waals surface area contributed by atoms with Crippen molar-refractivity contribution in [1.82, 2.24) is 5.32 Å². The summed E-state index contributed by atoms with van der Waals surface area (Å²) in [5.41, 5.74) is 0. The van der Waals surface area contributed by atoms with Gasteiger partial charge in [-0.3, -0.25) is 9.59 Å². The molecule has 0 aromatic carbocycles. The highest BCUT2D eigenvalue weighted by atomic mass is 16.4. The Morgan fingerprint density at radius 2 is 2.54 bits per heavy atom. The van der Waals surface area contributed by atoms with Crippen molar-refractivity contribution in [3.8, 4) is 0 Å². The second-order valence-corrected chi connectivity index (χ2v) is 2.45. The fourth-order valence-corrected chi connectivity index (χ4v) is 0.988. The van der Waals surface area contributed by atoms with Gasteiger partial charge in [0.2, 0.25) is 6.41 Å². The van der Waals surface area contributed by atoms with Crippen LogP contribution < -0.4 is 5.32 Å². The van der Waals surface area contributed by atoms with E-state index >= 15 is 0 Å². The van der Waals surface area contributed by atoms with E-state index in [4.69, 9.17) is 9.52 Å². The van der Waals surface area contributed by atoms with E-state index < -0.39 is 12.0 Å². The molecule has 13 heavy (non-hydrogen) atoms. The van der Waals surface area contributed by atoms with E-state index in [2.05, 4.69) is 5.32 Å². The monoisotopic (exact) mass is 183 g/mol. The van der Waals surface area contributed by atoms with Crippen LogP contribution in [-0.2, 0) is 9.59 Å². The van der Waals surface area contributed by atoms with E-state index in [9.17, 15) is 9.59 Å². The smallest absolute Gasteiger partial charge is 0.305 e. The van der Waals surface area contributed by atoms with Gasteiger partial charge in [-0.1, -0.05) is 0 Å². The zero-order chi connectivity index (χ0) is 9.68. The second-order valence-electron chi connectivity index (χ2n) is 2.45. The molecule has 0 aliphatic carbocycles. The molecule has 1 atom stereocenters. The van der Waals surface area contributed by atoms with E-state index in [1.54, 1.807) is 12.1 Å². The molecule has 1 aromatic heterocycles. The van der Waals surface area contributed by atoms with Crippen molar-refractivity contribution in [1.29, 1.82) is 0 Å². The number of rotatable bonds is 5. The third kappa shape index (κ3) is 2.62. The molecule has 0 saturated carbocycles. The van der Waals surface area contributed by atoms with Crippen LogP contribution >= 0.6 is 0 Å². The van der Waals surface area contributed by atoms with E-state index in [1.807, 2.05) is 0 Å². The molecule has 0 aliphatic rings. The number of hydrogen-bond acceptors (Lipinski definition) is 3. The molecule has 0 aliphatic heterocycles. The Morgan fingerprint density at radius 3 is 3.00 bits per heavy atom. The van der Waals surface area contributed by atoms with Crippen molar-refractivity contribution in [2.75, 3.05) is 0 Å². The fraction of sp³-hybridized carbons (Fsp3) is 0.250. The van der Waals surface area contributed by atoms with Crippen molar-refractivity contribution in [2.45, 2.75) is 12.5 Å².